The third kappa shape index (κ3) is 5.87. The fourth-order valence-corrected chi connectivity index (χ4v) is 6.54. The van der Waals surface area contributed by atoms with Crippen LogP contribution >= 0.6 is 11.5 Å². The highest BCUT2D eigenvalue weighted by Crippen LogP contribution is 2.42. The number of ether oxygens (including phenoxy) is 1. The first-order valence-electron chi connectivity index (χ1n) is 11.5. The van der Waals surface area contributed by atoms with Crippen molar-refractivity contribution in [1.82, 2.24) is 19.2 Å². The van der Waals surface area contributed by atoms with E-state index in [4.69, 9.17) is 4.74 Å². The Balaban J connectivity index is 1.44. The molecule has 198 valence electrons. The minimum absolute atomic E-state index is 0.00724. The largest absolute Gasteiger partial charge is 0.493 e. The number of halogens is 4. The van der Waals surface area contributed by atoms with Gasteiger partial charge in [0.25, 0.3) is 10.0 Å². The molecule has 3 aromatic rings. The molecular formula is C23H23F4N5O3S2. The summed E-state index contributed by atoms with van der Waals surface area (Å²) < 4.78 is 90.6. The summed E-state index contributed by atoms with van der Waals surface area (Å²) in [5, 5.41) is 0.135. The molecule has 0 unspecified atom stereocenters. The van der Waals surface area contributed by atoms with Gasteiger partial charge in [0, 0.05) is 61.3 Å². The zero-order chi connectivity index (χ0) is 26.2. The average molecular weight is 558 g/mol. The van der Waals surface area contributed by atoms with Crippen LogP contribution in [0.2, 0.25) is 0 Å². The van der Waals surface area contributed by atoms with Crippen LogP contribution in [0.3, 0.4) is 0 Å². The second-order valence-corrected chi connectivity index (χ2v) is 11.3. The number of hydrogen-bond acceptors (Lipinski definition) is 8. The van der Waals surface area contributed by atoms with E-state index in [1.165, 1.54) is 35.5 Å². The summed E-state index contributed by atoms with van der Waals surface area (Å²) in [7, 11) is -3.93. The Morgan fingerprint density at radius 2 is 1.89 bits per heavy atom. The highest BCUT2D eigenvalue weighted by Gasteiger charge is 2.40. The molecule has 0 saturated carbocycles. The smallest absolute Gasteiger partial charge is 0.401 e. The molecule has 0 spiro atoms. The molecule has 0 amide bonds. The quantitative estimate of drug-likeness (QED) is 0.454. The van der Waals surface area contributed by atoms with Gasteiger partial charge in [0.15, 0.2) is 0 Å². The van der Waals surface area contributed by atoms with Crippen molar-refractivity contribution in [2.75, 3.05) is 37.5 Å². The lowest BCUT2D eigenvalue weighted by Crippen LogP contribution is -2.52. The summed E-state index contributed by atoms with van der Waals surface area (Å²) in [6.07, 6.45) is -2.51. The Morgan fingerprint density at radius 1 is 1.11 bits per heavy atom. The summed E-state index contributed by atoms with van der Waals surface area (Å²) in [5.74, 6) is -0.0301. The van der Waals surface area contributed by atoms with Crippen LogP contribution in [0.4, 0.5) is 22.7 Å². The predicted molar refractivity (Wildman–Crippen MR) is 128 cm³/mol. The summed E-state index contributed by atoms with van der Waals surface area (Å²) in [6, 6.07) is 9.74. The van der Waals surface area contributed by atoms with E-state index >= 15 is 0 Å². The molecule has 14 heteroatoms. The highest BCUT2D eigenvalue weighted by atomic mass is 32.2. The molecule has 1 aromatic heterocycles. The van der Waals surface area contributed by atoms with Crippen molar-refractivity contribution in [2.45, 2.75) is 29.6 Å². The number of alkyl halides is 3. The van der Waals surface area contributed by atoms with E-state index in [0.717, 1.165) is 17.1 Å². The van der Waals surface area contributed by atoms with Gasteiger partial charge in [0.2, 0.25) is 5.13 Å². The van der Waals surface area contributed by atoms with Crippen molar-refractivity contribution in [3.63, 3.8) is 0 Å². The Labute approximate surface area is 215 Å². The van der Waals surface area contributed by atoms with Crippen LogP contribution in [0.25, 0.3) is 0 Å². The van der Waals surface area contributed by atoms with Crippen LogP contribution in [0.1, 0.15) is 29.6 Å². The van der Waals surface area contributed by atoms with Crippen LogP contribution in [-0.2, 0) is 10.0 Å². The summed E-state index contributed by atoms with van der Waals surface area (Å²) >= 11 is 0.908. The lowest BCUT2D eigenvalue weighted by Gasteiger charge is -2.47. The van der Waals surface area contributed by atoms with Crippen molar-refractivity contribution >= 4 is 26.7 Å². The molecule has 2 aromatic carbocycles. The molecular weight excluding hydrogens is 534 g/mol. The predicted octanol–water partition coefficient (Wildman–Crippen LogP) is 4.22. The van der Waals surface area contributed by atoms with E-state index in [-0.39, 0.29) is 29.2 Å². The second-order valence-electron chi connectivity index (χ2n) is 8.86. The molecule has 2 aliphatic heterocycles. The lowest BCUT2D eigenvalue weighted by atomic mass is 9.93. The first-order valence-corrected chi connectivity index (χ1v) is 13.7. The van der Waals surface area contributed by atoms with E-state index in [9.17, 15) is 26.0 Å². The summed E-state index contributed by atoms with van der Waals surface area (Å²) in [6.45, 7) is -0.0330. The number of anilines is 1. The van der Waals surface area contributed by atoms with Gasteiger partial charge < -0.3 is 4.74 Å². The molecule has 2 atom stereocenters. The van der Waals surface area contributed by atoms with E-state index in [2.05, 4.69) is 19.0 Å². The molecule has 0 bridgehead atoms. The first-order chi connectivity index (χ1) is 17.6. The summed E-state index contributed by atoms with van der Waals surface area (Å²) in [4.78, 5) is 7.30. The van der Waals surface area contributed by atoms with Crippen molar-refractivity contribution in [1.29, 1.82) is 0 Å². The Kier molecular flexibility index (Phi) is 7.09. The maximum atomic E-state index is 13.6. The normalized spacial score (nSPS) is 21.3. The Morgan fingerprint density at radius 3 is 2.59 bits per heavy atom. The monoisotopic (exact) mass is 557 g/mol. The van der Waals surface area contributed by atoms with Gasteiger partial charge in [-0.05, 0) is 23.8 Å². The third-order valence-corrected chi connectivity index (χ3v) is 8.50. The van der Waals surface area contributed by atoms with Gasteiger partial charge in [-0.1, -0.05) is 18.2 Å². The number of piperazine rings is 1. The average Bonchev–Trinajstić information content (AvgIpc) is 3.35. The van der Waals surface area contributed by atoms with Gasteiger partial charge in [0.05, 0.1) is 18.0 Å². The SMILES string of the molecule is O=S(=O)(Nc1ncns1)c1ccc2c(c1)OCC[C@H]2N1CCN(CC(F)(F)F)C[C@@H]1c1ccc(F)cc1. The number of nitrogens with zero attached hydrogens (tertiary/aromatic N) is 4. The molecule has 0 aliphatic carbocycles. The lowest BCUT2D eigenvalue weighted by molar-refractivity contribution is -0.153. The number of benzene rings is 2. The fraction of sp³-hybridized carbons (Fsp3) is 0.391. The molecule has 0 radical (unpaired) electrons. The van der Waals surface area contributed by atoms with E-state index in [1.54, 1.807) is 18.2 Å². The minimum atomic E-state index is -4.33. The topological polar surface area (TPSA) is 87.7 Å². The van der Waals surface area contributed by atoms with Gasteiger partial charge in [0.1, 0.15) is 17.9 Å². The first kappa shape index (κ1) is 25.8. The Bertz CT molecular complexity index is 1340. The zero-order valence-corrected chi connectivity index (χ0v) is 21.0. The number of fused-ring (bicyclic) bond motifs is 1. The molecule has 1 saturated heterocycles. The number of aromatic nitrogens is 2. The van der Waals surface area contributed by atoms with Crippen LogP contribution < -0.4 is 9.46 Å². The summed E-state index contributed by atoms with van der Waals surface area (Å²) in [5.41, 5.74) is 1.46. The van der Waals surface area contributed by atoms with Gasteiger partial charge in [-0.3, -0.25) is 14.5 Å². The van der Waals surface area contributed by atoms with Crippen molar-refractivity contribution < 1.29 is 30.7 Å². The van der Waals surface area contributed by atoms with Crippen LogP contribution in [0.15, 0.2) is 53.7 Å². The minimum Gasteiger partial charge on any atom is -0.493 e. The number of rotatable bonds is 6. The number of hydrogen-bond donors (Lipinski definition) is 1. The third-order valence-electron chi connectivity index (χ3n) is 6.45. The van der Waals surface area contributed by atoms with Gasteiger partial charge >= 0.3 is 6.18 Å². The number of nitrogens with one attached hydrogen (secondary N) is 1. The molecule has 5 rings (SSSR count). The van der Waals surface area contributed by atoms with Crippen LogP contribution in [0, 0.1) is 5.82 Å². The molecule has 37 heavy (non-hydrogen) atoms. The Hall–Kier alpha value is -2.81. The van der Waals surface area contributed by atoms with Gasteiger partial charge in [-0.15, -0.1) is 0 Å². The van der Waals surface area contributed by atoms with Crippen LogP contribution in [0.5, 0.6) is 5.75 Å². The maximum Gasteiger partial charge on any atom is 0.401 e. The zero-order valence-electron chi connectivity index (χ0n) is 19.4. The van der Waals surface area contributed by atoms with Crippen molar-refractivity contribution in [3.05, 3.63) is 65.7 Å². The van der Waals surface area contributed by atoms with Crippen molar-refractivity contribution in [3.8, 4) is 5.75 Å². The standard InChI is InChI=1S/C23H23F4N5O3S2/c24-16-3-1-15(2-4-16)20-12-31(13-23(25,26)27)8-9-32(20)19-7-10-35-21-11-17(5-6-18(19)21)37(33,34)30-22-28-14-29-36-22/h1-6,11,14,19-20H,7-10,12-13H2,(H,28,29,30)/t19-,20-/m1/s1. The molecule has 2 aliphatic rings. The maximum absolute atomic E-state index is 13.6. The highest BCUT2D eigenvalue weighted by molar-refractivity contribution is 7.93. The molecule has 3 heterocycles. The van der Waals surface area contributed by atoms with E-state index < -0.39 is 34.6 Å². The van der Waals surface area contributed by atoms with Crippen LogP contribution in [-0.4, -0.2) is 66.5 Å². The van der Waals surface area contributed by atoms with E-state index in [0.29, 0.717) is 30.9 Å². The molecule has 1 N–H and O–H groups in total. The van der Waals surface area contributed by atoms with E-state index in [1.807, 2.05) is 0 Å². The van der Waals surface area contributed by atoms with Gasteiger partial charge in [-0.25, -0.2) is 17.8 Å². The van der Waals surface area contributed by atoms with Crippen molar-refractivity contribution in [2.24, 2.45) is 0 Å². The molecule has 1 fully saturated rings. The fourth-order valence-electron chi connectivity index (χ4n) is 4.86. The molecule has 8 nitrogen and oxygen atoms in total. The number of sulfonamides is 1. The van der Waals surface area contributed by atoms with Gasteiger partial charge in [-0.2, -0.15) is 17.5 Å². The second kappa shape index (κ2) is 10.2.